The van der Waals surface area contributed by atoms with Gasteiger partial charge in [-0.1, -0.05) is 12.1 Å². The number of carbonyl (C=O) groups is 2. The molecule has 1 aliphatic heterocycles. The monoisotopic (exact) mass is 440 g/mol. The molecule has 6 nitrogen and oxygen atoms in total. The second kappa shape index (κ2) is 9.59. The smallest absolute Gasteiger partial charge is 0.255 e. The molecule has 1 aliphatic carbocycles. The molecule has 0 spiro atoms. The first-order valence-corrected chi connectivity index (χ1v) is 11.1. The van der Waals surface area contributed by atoms with Crippen LogP contribution in [-0.2, 0) is 4.79 Å². The van der Waals surface area contributed by atoms with E-state index in [-0.39, 0.29) is 35.7 Å². The van der Waals surface area contributed by atoms with Crippen molar-refractivity contribution in [3.05, 3.63) is 59.4 Å². The molecular weight excluding hydrogens is 411 g/mol. The fourth-order valence-corrected chi connectivity index (χ4v) is 3.99. The summed E-state index contributed by atoms with van der Waals surface area (Å²) in [5.74, 6) is 0.927. The number of carbonyl (C=O) groups excluding carboxylic acids is 2. The summed E-state index contributed by atoms with van der Waals surface area (Å²) in [5, 5.41) is 2.95. The van der Waals surface area contributed by atoms with Crippen molar-refractivity contribution in [1.82, 2.24) is 10.2 Å². The van der Waals surface area contributed by atoms with E-state index in [1.54, 1.807) is 37.4 Å². The van der Waals surface area contributed by atoms with E-state index >= 15 is 0 Å². The Bertz CT molecular complexity index is 966. The third-order valence-electron chi connectivity index (χ3n) is 6.12. The lowest BCUT2D eigenvalue weighted by atomic mass is 10.1. The SMILES string of the molecule is COc1ccc(OC2CCN(C(=O)C3CC3)CC2)c(C(=O)N[C@@H](C)c2ccc(F)cc2)c1. The number of amides is 2. The fraction of sp³-hybridized carbons (Fsp3) is 0.440. The zero-order valence-electron chi connectivity index (χ0n) is 18.5. The molecule has 0 unspecified atom stereocenters. The molecule has 2 aliphatic rings. The van der Waals surface area contributed by atoms with E-state index in [0.29, 0.717) is 30.2 Å². The number of hydrogen-bond acceptors (Lipinski definition) is 4. The van der Waals surface area contributed by atoms with Gasteiger partial charge in [-0.3, -0.25) is 9.59 Å². The molecule has 170 valence electrons. The summed E-state index contributed by atoms with van der Waals surface area (Å²) in [5.41, 5.74) is 1.19. The Morgan fingerprint density at radius 2 is 1.75 bits per heavy atom. The van der Waals surface area contributed by atoms with Crippen LogP contribution >= 0.6 is 0 Å². The van der Waals surface area contributed by atoms with E-state index in [0.717, 1.165) is 31.2 Å². The number of methoxy groups -OCH3 is 1. The van der Waals surface area contributed by atoms with Gasteiger partial charge < -0.3 is 19.7 Å². The molecule has 0 aromatic heterocycles. The van der Waals surface area contributed by atoms with Crippen LogP contribution in [0.1, 0.15) is 54.6 Å². The van der Waals surface area contributed by atoms with Gasteiger partial charge in [-0.15, -0.1) is 0 Å². The van der Waals surface area contributed by atoms with Crippen LogP contribution in [0, 0.1) is 11.7 Å². The molecule has 1 saturated carbocycles. The molecule has 1 heterocycles. The van der Waals surface area contributed by atoms with E-state index in [1.165, 1.54) is 12.1 Å². The van der Waals surface area contributed by atoms with Crippen LogP contribution in [-0.4, -0.2) is 43.0 Å². The lowest BCUT2D eigenvalue weighted by Crippen LogP contribution is -2.42. The van der Waals surface area contributed by atoms with E-state index in [9.17, 15) is 14.0 Å². The van der Waals surface area contributed by atoms with Crippen LogP contribution in [0.5, 0.6) is 11.5 Å². The molecule has 4 rings (SSSR count). The Hall–Kier alpha value is -3.09. The molecular formula is C25H29FN2O4. The number of nitrogens with zero attached hydrogens (tertiary/aromatic N) is 1. The highest BCUT2D eigenvalue weighted by Gasteiger charge is 2.35. The minimum Gasteiger partial charge on any atom is -0.497 e. The summed E-state index contributed by atoms with van der Waals surface area (Å²) in [7, 11) is 1.55. The Kier molecular flexibility index (Phi) is 6.63. The van der Waals surface area contributed by atoms with Gasteiger partial charge in [0.25, 0.3) is 5.91 Å². The maximum absolute atomic E-state index is 13.2. The highest BCUT2D eigenvalue weighted by molar-refractivity contribution is 5.97. The first kappa shape index (κ1) is 22.1. The molecule has 32 heavy (non-hydrogen) atoms. The van der Waals surface area contributed by atoms with Crippen LogP contribution in [0.2, 0.25) is 0 Å². The zero-order valence-corrected chi connectivity index (χ0v) is 18.5. The van der Waals surface area contributed by atoms with Gasteiger partial charge in [-0.25, -0.2) is 4.39 Å². The van der Waals surface area contributed by atoms with Gasteiger partial charge in [-0.2, -0.15) is 0 Å². The number of hydrogen-bond donors (Lipinski definition) is 1. The van der Waals surface area contributed by atoms with Crippen molar-refractivity contribution in [2.45, 2.75) is 44.8 Å². The predicted octanol–water partition coefficient (Wildman–Crippen LogP) is 4.11. The number of piperidine rings is 1. The summed E-state index contributed by atoms with van der Waals surface area (Å²) in [6, 6.07) is 10.9. The molecule has 1 N–H and O–H groups in total. The number of halogens is 1. The molecule has 2 aromatic carbocycles. The van der Waals surface area contributed by atoms with Gasteiger partial charge in [-0.05, 0) is 55.7 Å². The maximum Gasteiger partial charge on any atom is 0.255 e. The number of likely N-dealkylation sites (tertiary alicyclic amines) is 1. The topological polar surface area (TPSA) is 67.9 Å². The molecule has 0 bridgehead atoms. The molecule has 0 radical (unpaired) electrons. The summed E-state index contributed by atoms with van der Waals surface area (Å²) in [6.07, 6.45) is 3.42. The third-order valence-corrected chi connectivity index (χ3v) is 6.12. The van der Waals surface area contributed by atoms with Crippen LogP contribution in [0.25, 0.3) is 0 Å². The van der Waals surface area contributed by atoms with E-state index in [1.807, 2.05) is 11.8 Å². The molecule has 1 atom stereocenters. The summed E-state index contributed by atoms with van der Waals surface area (Å²) in [6.45, 7) is 3.21. The normalized spacial score (nSPS) is 17.5. The predicted molar refractivity (Wildman–Crippen MR) is 118 cm³/mol. The first-order valence-electron chi connectivity index (χ1n) is 11.1. The van der Waals surface area contributed by atoms with E-state index in [2.05, 4.69) is 5.32 Å². The van der Waals surface area contributed by atoms with Crippen molar-refractivity contribution in [3.63, 3.8) is 0 Å². The van der Waals surface area contributed by atoms with E-state index < -0.39 is 0 Å². The van der Waals surface area contributed by atoms with Gasteiger partial charge in [0.05, 0.1) is 18.7 Å². The summed E-state index contributed by atoms with van der Waals surface area (Å²) >= 11 is 0. The number of benzene rings is 2. The fourth-order valence-electron chi connectivity index (χ4n) is 3.99. The average Bonchev–Trinajstić information content (AvgIpc) is 3.65. The van der Waals surface area contributed by atoms with Gasteiger partial charge in [0.15, 0.2) is 0 Å². The summed E-state index contributed by atoms with van der Waals surface area (Å²) < 4.78 is 24.7. The van der Waals surface area contributed by atoms with Gasteiger partial charge in [0.2, 0.25) is 5.91 Å². The quantitative estimate of drug-likeness (QED) is 0.704. The summed E-state index contributed by atoms with van der Waals surface area (Å²) in [4.78, 5) is 27.3. The largest absolute Gasteiger partial charge is 0.497 e. The highest BCUT2D eigenvalue weighted by atomic mass is 19.1. The van der Waals surface area contributed by atoms with Crippen molar-refractivity contribution >= 4 is 11.8 Å². The minimum absolute atomic E-state index is 0.0623. The zero-order chi connectivity index (χ0) is 22.7. The Labute approximate surface area is 187 Å². The highest BCUT2D eigenvalue weighted by Crippen LogP contribution is 2.33. The van der Waals surface area contributed by atoms with Crippen LogP contribution in [0.4, 0.5) is 4.39 Å². The molecule has 7 heteroatoms. The minimum atomic E-state index is -0.319. The molecule has 1 saturated heterocycles. The lowest BCUT2D eigenvalue weighted by Gasteiger charge is -2.32. The molecule has 2 amide bonds. The van der Waals surface area contributed by atoms with Gasteiger partial charge in [0, 0.05) is 31.8 Å². The molecule has 2 aromatic rings. The first-order chi connectivity index (χ1) is 15.4. The van der Waals surface area contributed by atoms with Crippen molar-refractivity contribution < 1.29 is 23.5 Å². The maximum atomic E-state index is 13.2. The van der Waals surface area contributed by atoms with E-state index in [4.69, 9.17) is 9.47 Å². The van der Waals surface area contributed by atoms with Crippen LogP contribution in [0.15, 0.2) is 42.5 Å². The second-order valence-corrected chi connectivity index (χ2v) is 8.53. The van der Waals surface area contributed by atoms with Crippen molar-refractivity contribution in [3.8, 4) is 11.5 Å². The van der Waals surface area contributed by atoms with Crippen molar-refractivity contribution in [2.75, 3.05) is 20.2 Å². The Balaban J connectivity index is 1.43. The Morgan fingerprint density at radius 1 is 1.06 bits per heavy atom. The van der Waals surface area contributed by atoms with Gasteiger partial charge >= 0.3 is 0 Å². The van der Waals surface area contributed by atoms with Crippen LogP contribution in [0.3, 0.4) is 0 Å². The van der Waals surface area contributed by atoms with Crippen molar-refractivity contribution in [2.24, 2.45) is 5.92 Å². The number of nitrogens with one attached hydrogen (secondary N) is 1. The number of ether oxygens (including phenoxy) is 2. The average molecular weight is 441 g/mol. The molecule has 2 fully saturated rings. The Morgan fingerprint density at radius 3 is 2.38 bits per heavy atom. The van der Waals surface area contributed by atoms with Crippen LogP contribution < -0.4 is 14.8 Å². The number of rotatable bonds is 7. The van der Waals surface area contributed by atoms with Gasteiger partial charge in [0.1, 0.15) is 23.4 Å². The second-order valence-electron chi connectivity index (χ2n) is 8.53. The third kappa shape index (κ3) is 5.21. The lowest BCUT2D eigenvalue weighted by molar-refractivity contribution is -0.134. The standard InChI is InChI=1S/C25H29FN2O4/c1-16(17-5-7-19(26)8-6-17)27-24(29)22-15-21(31-2)9-10-23(22)32-20-11-13-28(14-12-20)25(30)18-3-4-18/h5-10,15-16,18,20H,3-4,11-14H2,1-2H3,(H,27,29)/t16-/m0/s1. The van der Waals surface area contributed by atoms with Crippen molar-refractivity contribution in [1.29, 1.82) is 0 Å².